The van der Waals surface area contributed by atoms with Crippen molar-refractivity contribution in [2.45, 2.75) is 17.4 Å². The number of carbonyl (C=O) groups is 4. The Kier molecular flexibility index (Phi) is 7.12. The van der Waals surface area contributed by atoms with Crippen molar-refractivity contribution in [3.8, 4) is 5.75 Å². The van der Waals surface area contributed by atoms with Gasteiger partial charge in [-0.3, -0.25) is 14.4 Å². The van der Waals surface area contributed by atoms with Crippen LogP contribution in [-0.2, 0) is 20.1 Å². The van der Waals surface area contributed by atoms with Crippen LogP contribution in [0.3, 0.4) is 0 Å². The summed E-state index contributed by atoms with van der Waals surface area (Å²) in [5.74, 6) is -0.0826. The number of benzene rings is 2. The van der Waals surface area contributed by atoms with Gasteiger partial charge in [-0.2, -0.15) is 0 Å². The molecule has 1 aliphatic heterocycles. The second-order valence-corrected chi connectivity index (χ2v) is 8.59. The summed E-state index contributed by atoms with van der Waals surface area (Å²) in [6.45, 7) is -0.446. The zero-order chi connectivity index (χ0) is 24.1. The molecule has 1 aromatic heterocycles. The van der Waals surface area contributed by atoms with Crippen LogP contribution in [0.25, 0.3) is 0 Å². The molecule has 0 radical (unpaired) electrons. The van der Waals surface area contributed by atoms with Gasteiger partial charge in [0.05, 0.1) is 41.2 Å². The molecule has 3 aromatic rings. The van der Waals surface area contributed by atoms with Gasteiger partial charge in [0.15, 0.2) is 6.61 Å². The fourth-order valence-corrected chi connectivity index (χ4v) is 4.53. The minimum absolute atomic E-state index is 0.0963. The van der Waals surface area contributed by atoms with Crippen LogP contribution in [0.5, 0.6) is 5.75 Å². The van der Waals surface area contributed by atoms with Crippen LogP contribution in [0.4, 0.5) is 5.69 Å². The quantitative estimate of drug-likeness (QED) is 0.259. The molecule has 34 heavy (non-hydrogen) atoms. The standard InChI is InChI=1S/C25H21NO7S/c1-31-21-7-3-2-6-19(21)20(27)14-33-25(30)16-8-10-17(11-9-16)26-23(28)13-22(24(26)29)34-15-18-5-4-12-32-18/h2-12,22H,13-15H2,1H3. The van der Waals surface area contributed by atoms with Crippen molar-refractivity contribution in [2.24, 2.45) is 0 Å². The van der Waals surface area contributed by atoms with Crippen LogP contribution < -0.4 is 9.64 Å². The molecular weight excluding hydrogens is 458 g/mol. The van der Waals surface area contributed by atoms with Gasteiger partial charge in [0.1, 0.15) is 11.5 Å². The summed E-state index contributed by atoms with van der Waals surface area (Å²) in [7, 11) is 1.45. The molecule has 2 heterocycles. The van der Waals surface area contributed by atoms with E-state index in [0.717, 1.165) is 10.7 Å². The first-order valence-electron chi connectivity index (χ1n) is 10.4. The van der Waals surface area contributed by atoms with E-state index in [0.29, 0.717) is 22.8 Å². The summed E-state index contributed by atoms with van der Waals surface area (Å²) >= 11 is 1.35. The Bertz CT molecular complexity index is 1200. The molecule has 0 bridgehead atoms. The second kappa shape index (κ2) is 10.4. The molecule has 0 spiro atoms. The number of Topliss-reactive ketones (excluding diaryl/α,β-unsaturated/α-hetero) is 1. The summed E-state index contributed by atoms with van der Waals surface area (Å²) in [6.07, 6.45) is 1.66. The van der Waals surface area contributed by atoms with Crippen LogP contribution >= 0.6 is 11.8 Å². The SMILES string of the molecule is COc1ccccc1C(=O)COC(=O)c1ccc(N2C(=O)CC(SCc3ccco3)C2=O)cc1. The first kappa shape index (κ1) is 23.3. The number of anilines is 1. The number of esters is 1. The number of nitrogens with zero attached hydrogens (tertiary/aromatic N) is 1. The van der Waals surface area contributed by atoms with Gasteiger partial charge in [-0.05, 0) is 48.5 Å². The zero-order valence-corrected chi connectivity index (χ0v) is 19.1. The Labute approximate surface area is 199 Å². The van der Waals surface area contributed by atoms with Crippen molar-refractivity contribution >= 4 is 41.0 Å². The van der Waals surface area contributed by atoms with E-state index in [1.807, 2.05) is 6.07 Å². The first-order valence-corrected chi connectivity index (χ1v) is 11.5. The largest absolute Gasteiger partial charge is 0.496 e. The molecule has 0 N–H and O–H groups in total. The zero-order valence-electron chi connectivity index (χ0n) is 18.3. The Morgan fingerprint density at radius 3 is 2.53 bits per heavy atom. The number of amides is 2. The molecule has 1 atom stereocenters. The number of methoxy groups -OCH3 is 1. The van der Waals surface area contributed by atoms with E-state index >= 15 is 0 Å². The fraction of sp³-hybridized carbons (Fsp3) is 0.200. The highest BCUT2D eigenvalue weighted by molar-refractivity contribution is 7.99. The number of carbonyl (C=O) groups excluding carboxylic acids is 4. The Balaban J connectivity index is 1.35. The average Bonchev–Trinajstić information content (AvgIpc) is 3.48. The maximum absolute atomic E-state index is 12.8. The topological polar surface area (TPSA) is 103 Å². The van der Waals surface area contributed by atoms with Gasteiger partial charge < -0.3 is 13.9 Å². The van der Waals surface area contributed by atoms with Crippen LogP contribution in [0.2, 0.25) is 0 Å². The number of thioether (sulfide) groups is 1. The first-order chi connectivity index (χ1) is 16.5. The van der Waals surface area contributed by atoms with Gasteiger partial charge in [0.25, 0.3) is 0 Å². The van der Waals surface area contributed by atoms with E-state index < -0.39 is 23.6 Å². The molecule has 0 aliphatic carbocycles. The molecule has 0 saturated carbocycles. The van der Waals surface area contributed by atoms with E-state index in [1.54, 1.807) is 36.6 Å². The van der Waals surface area contributed by atoms with Crippen LogP contribution in [0.15, 0.2) is 71.3 Å². The van der Waals surface area contributed by atoms with E-state index in [2.05, 4.69) is 0 Å². The number of furan rings is 1. The molecule has 9 heteroatoms. The molecule has 8 nitrogen and oxygen atoms in total. The molecule has 4 rings (SSSR count). The lowest BCUT2D eigenvalue weighted by molar-refractivity contribution is -0.121. The average molecular weight is 480 g/mol. The minimum atomic E-state index is -0.694. The highest BCUT2D eigenvalue weighted by atomic mass is 32.2. The predicted molar refractivity (Wildman–Crippen MR) is 125 cm³/mol. The number of para-hydroxylation sites is 1. The molecule has 2 aromatic carbocycles. The van der Waals surface area contributed by atoms with Crippen molar-refractivity contribution in [2.75, 3.05) is 18.6 Å². The number of rotatable bonds is 9. The summed E-state index contributed by atoms with van der Waals surface area (Å²) in [5.41, 5.74) is 0.885. The molecule has 1 aliphatic rings. The molecule has 2 amide bonds. The lowest BCUT2D eigenvalue weighted by Gasteiger charge is -2.15. The van der Waals surface area contributed by atoms with Gasteiger partial charge in [0, 0.05) is 6.42 Å². The van der Waals surface area contributed by atoms with E-state index in [4.69, 9.17) is 13.9 Å². The summed E-state index contributed by atoms with van der Waals surface area (Å²) in [6, 6.07) is 16.2. The summed E-state index contributed by atoms with van der Waals surface area (Å²) < 4.78 is 15.6. The molecule has 1 fully saturated rings. The lowest BCUT2D eigenvalue weighted by Crippen LogP contribution is -2.31. The van der Waals surface area contributed by atoms with Gasteiger partial charge in [-0.25, -0.2) is 9.69 Å². The Morgan fingerprint density at radius 2 is 1.82 bits per heavy atom. The molecule has 1 saturated heterocycles. The highest BCUT2D eigenvalue weighted by Gasteiger charge is 2.39. The van der Waals surface area contributed by atoms with Crippen molar-refractivity contribution in [3.05, 3.63) is 83.8 Å². The van der Waals surface area contributed by atoms with Crippen molar-refractivity contribution < 1.29 is 33.1 Å². The third-order valence-electron chi connectivity index (χ3n) is 5.22. The third-order valence-corrected chi connectivity index (χ3v) is 6.44. The van der Waals surface area contributed by atoms with E-state index in [-0.39, 0.29) is 23.8 Å². The monoisotopic (exact) mass is 479 g/mol. The van der Waals surface area contributed by atoms with Gasteiger partial charge in [-0.1, -0.05) is 12.1 Å². The summed E-state index contributed by atoms with van der Waals surface area (Å²) in [4.78, 5) is 51.1. The third kappa shape index (κ3) is 5.04. The smallest absolute Gasteiger partial charge is 0.338 e. The number of hydrogen-bond acceptors (Lipinski definition) is 8. The van der Waals surface area contributed by atoms with Crippen molar-refractivity contribution in [1.82, 2.24) is 0 Å². The molecular formula is C25H21NO7S. The van der Waals surface area contributed by atoms with Crippen LogP contribution in [-0.4, -0.2) is 42.5 Å². The number of ketones is 1. The molecule has 174 valence electrons. The maximum Gasteiger partial charge on any atom is 0.338 e. The Morgan fingerprint density at radius 1 is 1.06 bits per heavy atom. The van der Waals surface area contributed by atoms with Gasteiger partial charge in [0.2, 0.25) is 17.6 Å². The normalized spacial score (nSPS) is 15.4. The van der Waals surface area contributed by atoms with Gasteiger partial charge in [-0.15, -0.1) is 11.8 Å². The highest BCUT2D eigenvalue weighted by Crippen LogP contribution is 2.31. The summed E-state index contributed by atoms with van der Waals surface area (Å²) in [5, 5.41) is -0.497. The van der Waals surface area contributed by atoms with Crippen molar-refractivity contribution in [3.63, 3.8) is 0 Å². The molecule has 1 unspecified atom stereocenters. The maximum atomic E-state index is 12.8. The number of imide groups is 1. The van der Waals surface area contributed by atoms with Gasteiger partial charge >= 0.3 is 5.97 Å². The Hall–Kier alpha value is -3.85. The number of hydrogen-bond donors (Lipinski definition) is 0. The van der Waals surface area contributed by atoms with E-state index in [1.165, 1.54) is 43.1 Å². The lowest BCUT2D eigenvalue weighted by atomic mass is 10.1. The second-order valence-electron chi connectivity index (χ2n) is 7.40. The minimum Gasteiger partial charge on any atom is -0.496 e. The van der Waals surface area contributed by atoms with E-state index in [9.17, 15) is 19.2 Å². The predicted octanol–water partition coefficient (Wildman–Crippen LogP) is 3.89. The fourth-order valence-electron chi connectivity index (χ4n) is 3.50. The van der Waals surface area contributed by atoms with Crippen LogP contribution in [0, 0.1) is 0 Å². The van der Waals surface area contributed by atoms with Crippen molar-refractivity contribution in [1.29, 1.82) is 0 Å². The van der Waals surface area contributed by atoms with Crippen LogP contribution in [0.1, 0.15) is 32.9 Å². The number of ether oxygens (including phenoxy) is 2.